The van der Waals surface area contributed by atoms with Crippen molar-refractivity contribution in [2.24, 2.45) is 7.05 Å². The lowest BCUT2D eigenvalue weighted by Gasteiger charge is -2.19. The number of halogens is 1. The summed E-state index contributed by atoms with van der Waals surface area (Å²) in [5.41, 5.74) is 1.31. The van der Waals surface area contributed by atoms with Crippen LogP contribution >= 0.6 is 11.6 Å². The van der Waals surface area contributed by atoms with Crippen LogP contribution in [-0.4, -0.2) is 34.7 Å². The second-order valence-electron chi connectivity index (χ2n) is 4.42. The molecule has 0 radical (unpaired) electrons. The maximum absolute atomic E-state index is 12.4. The molecule has 0 bridgehead atoms. The molecule has 20 heavy (non-hydrogen) atoms. The van der Waals surface area contributed by atoms with Gasteiger partial charge in [0.15, 0.2) is 0 Å². The average molecular weight is 294 g/mol. The molecule has 1 aromatic carbocycles. The summed E-state index contributed by atoms with van der Waals surface area (Å²) in [6, 6.07) is 7.13. The van der Waals surface area contributed by atoms with Gasteiger partial charge in [-0.05, 0) is 12.1 Å². The van der Waals surface area contributed by atoms with Gasteiger partial charge in [0.25, 0.3) is 5.91 Å². The van der Waals surface area contributed by atoms with E-state index in [2.05, 4.69) is 5.10 Å². The van der Waals surface area contributed by atoms with Gasteiger partial charge in [-0.1, -0.05) is 23.7 Å². The normalized spacial score (nSPS) is 10.4. The third kappa shape index (κ3) is 2.77. The molecule has 2 aromatic rings. The van der Waals surface area contributed by atoms with Gasteiger partial charge in [-0.3, -0.25) is 9.48 Å². The Labute approximate surface area is 122 Å². The SMILES string of the molecule is COc1ccccc1C(=O)N(C)Cc1c(Cl)cnn1C. The zero-order valence-corrected chi connectivity index (χ0v) is 12.4. The molecular formula is C14H16ClN3O2. The first-order valence-electron chi connectivity index (χ1n) is 6.09. The third-order valence-corrected chi connectivity index (χ3v) is 3.40. The van der Waals surface area contributed by atoms with Crippen molar-refractivity contribution in [3.63, 3.8) is 0 Å². The Bertz CT molecular complexity index is 605. The van der Waals surface area contributed by atoms with Crippen molar-refractivity contribution < 1.29 is 9.53 Å². The number of carbonyl (C=O) groups is 1. The molecule has 0 fully saturated rings. The molecule has 0 unspecified atom stereocenters. The summed E-state index contributed by atoms with van der Waals surface area (Å²) in [4.78, 5) is 14.0. The molecule has 0 aliphatic heterocycles. The molecule has 0 aliphatic rings. The van der Waals surface area contributed by atoms with E-state index in [0.717, 1.165) is 5.69 Å². The van der Waals surface area contributed by atoms with Gasteiger partial charge in [-0.25, -0.2) is 0 Å². The Morgan fingerprint density at radius 2 is 2.15 bits per heavy atom. The molecule has 0 aliphatic carbocycles. The predicted octanol–water partition coefficient (Wildman–Crippen LogP) is 2.35. The molecule has 106 valence electrons. The number of para-hydroxylation sites is 1. The summed E-state index contributed by atoms with van der Waals surface area (Å²) >= 11 is 6.05. The highest BCUT2D eigenvalue weighted by molar-refractivity contribution is 6.31. The highest BCUT2D eigenvalue weighted by atomic mass is 35.5. The fourth-order valence-corrected chi connectivity index (χ4v) is 2.16. The number of ether oxygens (including phenoxy) is 1. The van der Waals surface area contributed by atoms with Gasteiger partial charge in [-0.2, -0.15) is 5.10 Å². The van der Waals surface area contributed by atoms with Crippen molar-refractivity contribution >= 4 is 17.5 Å². The molecule has 2 rings (SSSR count). The van der Waals surface area contributed by atoms with Gasteiger partial charge >= 0.3 is 0 Å². The fourth-order valence-electron chi connectivity index (χ4n) is 1.94. The van der Waals surface area contributed by atoms with E-state index in [1.807, 2.05) is 6.07 Å². The lowest BCUT2D eigenvalue weighted by molar-refractivity contribution is 0.0778. The van der Waals surface area contributed by atoms with Crippen LogP contribution in [0.1, 0.15) is 16.1 Å². The Morgan fingerprint density at radius 3 is 2.75 bits per heavy atom. The van der Waals surface area contributed by atoms with Crippen LogP contribution < -0.4 is 4.74 Å². The molecule has 5 nitrogen and oxygen atoms in total. The fraction of sp³-hybridized carbons (Fsp3) is 0.286. The Hall–Kier alpha value is -2.01. The number of carbonyl (C=O) groups excluding carboxylic acids is 1. The first-order chi connectivity index (χ1) is 9.54. The van der Waals surface area contributed by atoms with Crippen LogP contribution in [0.2, 0.25) is 5.02 Å². The van der Waals surface area contributed by atoms with E-state index in [-0.39, 0.29) is 5.91 Å². The molecule has 0 spiro atoms. The molecule has 1 heterocycles. The van der Waals surface area contributed by atoms with Gasteiger partial charge in [0.1, 0.15) is 5.75 Å². The number of hydrogen-bond donors (Lipinski definition) is 0. The number of amides is 1. The molecule has 0 saturated carbocycles. The summed E-state index contributed by atoms with van der Waals surface area (Å²) in [6.07, 6.45) is 1.57. The van der Waals surface area contributed by atoms with Crippen LogP contribution in [0.15, 0.2) is 30.5 Å². The summed E-state index contributed by atoms with van der Waals surface area (Å²) in [5, 5.41) is 4.61. The molecule has 0 saturated heterocycles. The maximum Gasteiger partial charge on any atom is 0.257 e. The van der Waals surface area contributed by atoms with Crippen LogP contribution in [-0.2, 0) is 13.6 Å². The molecule has 1 amide bonds. The monoisotopic (exact) mass is 293 g/mol. The number of hydrogen-bond acceptors (Lipinski definition) is 3. The molecule has 0 atom stereocenters. The van der Waals surface area contributed by atoms with Gasteiger partial charge in [0.2, 0.25) is 0 Å². The number of aryl methyl sites for hydroxylation is 1. The topological polar surface area (TPSA) is 47.4 Å². The minimum absolute atomic E-state index is 0.125. The number of rotatable bonds is 4. The summed E-state index contributed by atoms with van der Waals surface area (Å²) in [6.45, 7) is 0.381. The summed E-state index contributed by atoms with van der Waals surface area (Å²) in [7, 11) is 5.06. The van der Waals surface area contributed by atoms with Crippen LogP contribution in [0.5, 0.6) is 5.75 Å². The number of nitrogens with zero attached hydrogens (tertiary/aromatic N) is 3. The minimum atomic E-state index is -0.125. The number of methoxy groups -OCH3 is 1. The highest BCUT2D eigenvalue weighted by Gasteiger charge is 2.18. The van der Waals surface area contributed by atoms with E-state index in [4.69, 9.17) is 16.3 Å². The molecule has 6 heteroatoms. The van der Waals surface area contributed by atoms with E-state index >= 15 is 0 Å². The van der Waals surface area contributed by atoms with Crippen LogP contribution in [0.3, 0.4) is 0 Å². The molecule has 1 aromatic heterocycles. The number of aromatic nitrogens is 2. The average Bonchev–Trinajstić information content (AvgIpc) is 2.78. The largest absolute Gasteiger partial charge is 0.496 e. The summed E-state index contributed by atoms with van der Waals surface area (Å²) < 4.78 is 6.87. The van der Waals surface area contributed by atoms with E-state index in [0.29, 0.717) is 22.9 Å². The van der Waals surface area contributed by atoms with Gasteiger partial charge in [-0.15, -0.1) is 0 Å². The van der Waals surface area contributed by atoms with Crippen molar-refractivity contribution in [3.05, 3.63) is 46.7 Å². The zero-order valence-electron chi connectivity index (χ0n) is 11.6. The zero-order chi connectivity index (χ0) is 14.7. The van der Waals surface area contributed by atoms with Crippen LogP contribution in [0, 0.1) is 0 Å². The Kier molecular flexibility index (Phi) is 4.29. The van der Waals surface area contributed by atoms with Crippen molar-refractivity contribution in [2.45, 2.75) is 6.54 Å². The second-order valence-corrected chi connectivity index (χ2v) is 4.83. The molecular weight excluding hydrogens is 278 g/mol. The first-order valence-corrected chi connectivity index (χ1v) is 6.47. The van der Waals surface area contributed by atoms with Crippen molar-refractivity contribution in [2.75, 3.05) is 14.2 Å². The lowest BCUT2D eigenvalue weighted by Crippen LogP contribution is -2.27. The standard InChI is InChI=1S/C14H16ClN3O2/c1-17(9-12-11(15)8-16-18(12)2)14(19)10-6-4-5-7-13(10)20-3/h4-8H,9H2,1-3H3. The lowest BCUT2D eigenvalue weighted by atomic mass is 10.1. The minimum Gasteiger partial charge on any atom is -0.496 e. The first kappa shape index (κ1) is 14.4. The van der Waals surface area contributed by atoms with Crippen molar-refractivity contribution in [1.29, 1.82) is 0 Å². The Morgan fingerprint density at radius 1 is 1.45 bits per heavy atom. The number of benzene rings is 1. The summed E-state index contributed by atoms with van der Waals surface area (Å²) in [5.74, 6) is 0.431. The van der Waals surface area contributed by atoms with E-state index in [1.165, 1.54) is 0 Å². The quantitative estimate of drug-likeness (QED) is 0.869. The van der Waals surface area contributed by atoms with E-state index in [1.54, 1.807) is 55.2 Å². The van der Waals surface area contributed by atoms with Gasteiger partial charge < -0.3 is 9.64 Å². The smallest absolute Gasteiger partial charge is 0.257 e. The van der Waals surface area contributed by atoms with Gasteiger partial charge in [0, 0.05) is 14.1 Å². The van der Waals surface area contributed by atoms with Crippen molar-refractivity contribution in [1.82, 2.24) is 14.7 Å². The predicted molar refractivity (Wildman–Crippen MR) is 77.0 cm³/mol. The van der Waals surface area contributed by atoms with E-state index in [9.17, 15) is 4.79 Å². The van der Waals surface area contributed by atoms with Crippen LogP contribution in [0.25, 0.3) is 0 Å². The maximum atomic E-state index is 12.4. The van der Waals surface area contributed by atoms with E-state index < -0.39 is 0 Å². The van der Waals surface area contributed by atoms with Crippen LogP contribution in [0.4, 0.5) is 0 Å². The highest BCUT2D eigenvalue weighted by Crippen LogP contribution is 2.21. The Balaban J connectivity index is 2.21. The second kappa shape index (κ2) is 5.96. The third-order valence-electron chi connectivity index (χ3n) is 3.08. The van der Waals surface area contributed by atoms with Crippen molar-refractivity contribution in [3.8, 4) is 5.75 Å². The molecule has 0 N–H and O–H groups in total. The van der Waals surface area contributed by atoms with Gasteiger partial charge in [0.05, 0.1) is 36.1 Å².